The fourth-order valence-corrected chi connectivity index (χ4v) is 3.68. The predicted molar refractivity (Wildman–Crippen MR) is 111 cm³/mol. The third-order valence-corrected chi connectivity index (χ3v) is 5.81. The molecule has 0 saturated heterocycles. The fourth-order valence-electron chi connectivity index (χ4n) is 2.17. The molecule has 156 valence electrons. The summed E-state index contributed by atoms with van der Waals surface area (Å²) >= 11 is 0.910. The highest BCUT2D eigenvalue weighted by Gasteiger charge is 2.16. The van der Waals surface area contributed by atoms with Crippen LogP contribution in [0.5, 0.6) is 5.75 Å². The van der Waals surface area contributed by atoms with E-state index in [-0.39, 0.29) is 27.4 Å². The van der Waals surface area contributed by atoms with Gasteiger partial charge in [0.15, 0.2) is 10.9 Å². The quantitative estimate of drug-likeness (QED) is 0.421. The number of hydrogen-bond acceptors (Lipinski definition) is 8. The number of Topliss-reactive ketones (excluding diaryl/α,β-unsaturated/α-hetero) is 1. The van der Waals surface area contributed by atoms with Crippen LogP contribution in [0.1, 0.15) is 23.7 Å². The molecule has 0 unspecified atom stereocenters. The second-order valence-corrected chi connectivity index (χ2v) is 8.74. The van der Waals surface area contributed by atoms with E-state index in [1.54, 1.807) is 19.2 Å². The number of aromatic nitrogens is 1. The number of ketones is 1. The van der Waals surface area contributed by atoms with E-state index >= 15 is 0 Å². The van der Waals surface area contributed by atoms with Crippen molar-refractivity contribution >= 4 is 38.5 Å². The molecule has 0 amide bonds. The molecule has 0 spiro atoms. The lowest BCUT2D eigenvalue weighted by molar-refractivity contribution is -0.109. The summed E-state index contributed by atoms with van der Waals surface area (Å²) in [4.78, 5) is 26.9. The molecular formula is C19H22N2O6S2. The number of pyridine rings is 1. The minimum absolute atomic E-state index is 0.0158. The summed E-state index contributed by atoms with van der Waals surface area (Å²) in [7, 11) is -2.22. The van der Waals surface area contributed by atoms with Gasteiger partial charge in [-0.3, -0.25) is 14.3 Å². The Labute approximate surface area is 174 Å². The van der Waals surface area contributed by atoms with Crippen LogP contribution in [0.3, 0.4) is 0 Å². The van der Waals surface area contributed by atoms with Gasteiger partial charge in [-0.15, -0.1) is 0 Å². The molecule has 0 aliphatic carbocycles. The fraction of sp³-hybridized carbons (Fsp3) is 0.316. The van der Waals surface area contributed by atoms with E-state index in [1.165, 1.54) is 37.4 Å². The Hall–Kier alpha value is -2.43. The van der Waals surface area contributed by atoms with Crippen molar-refractivity contribution in [2.75, 3.05) is 30.8 Å². The highest BCUT2D eigenvalue weighted by Crippen LogP contribution is 2.19. The summed E-state index contributed by atoms with van der Waals surface area (Å²) in [5.41, 5.74) is 0.302. The zero-order chi connectivity index (χ0) is 21.3. The van der Waals surface area contributed by atoms with Crippen LogP contribution < -0.4 is 9.46 Å². The molecule has 1 N–H and O–H groups in total. The largest absolute Gasteiger partial charge is 0.494 e. The lowest BCUT2D eigenvalue weighted by atomic mass is 10.2. The summed E-state index contributed by atoms with van der Waals surface area (Å²) < 4.78 is 37.8. The van der Waals surface area contributed by atoms with Crippen LogP contribution in [0.15, 0.2) is 47.5 Å². The summed E-state index contributed by atoms with van der Waals surface area (Å²) in [5.74, 6) is 0.403. The van der Waals surface area contributed by atoms with Crippen LogP contribution in [-0.2, 0) is 19.6 Å². The van der Waals surface area contributed by atoms with E-state index in [1.807, 2.05) is 0 Å². The maximum Gasteiger partial charge on any atom is 0.263 e. The molecule has 2 aromatic rings. The number of anilines is 1. The van der Waals surface area contributed by atoms with Gasteiger partial charge >= 0.3 is 0 Å². The molecule has 10 heteroatoms. The van der Waals surface area contributed by atoms with Crippen molar-refractivity contribution in [3.8, 4) is 5.75 Å². The van der Waals surface area contributed by atoms with Crippen LogP contribution in [-0.4, -0.2) is 50.4 Å². The van der Waals surface area contributed by atoms with Gasteiger partial charge < -0.3 is 9.47 Å². The minimum atomic E-state index is -3.84. The first-order chi connectivity index (χ1) is 13.8. The summed E-state index contributed by atoms with van der Waals surface area (Å²) in [6.45, 7) is 2.44. The Kier molecular flexibility index (Phi) is 8.62. The van der Waals surface area contributed by atoms with Gasteiger partial charge in [-0.1, -0.05) is 11.8 Å². The molecule has 29 heavy (non-hydrogen) atoms. The van der Waals surface area contributed by atoms with Gasteiger partial charge in [0.1, 0.15) is 11.6 Å². The average molecular weight is 439 g/mol. The van der Waals surface area contributed by atoms with E-state index in [4.69, 9.17) is 9.47 Å². The maximum absolute atomic E-state index is 12.5. The molecule has 0 aliphatic rings. The highest BCUT2D eigenvalue weighted by molar-refractivity contribution is 8.14. The molecule has 0 saturated carbocycles. The zero-order valence-electron chi connectivity index (χ0n) is 16.1. The van der Waals surface area contributed by atoms with Crippen LogP contribution >= 0.6 is 11.8 Å². The predicted octanol–water partition coefficient (Wildman–Crippen LogP) is 2.76. The molecule has 1 heterocycles. The molecule has 0 fully saturated rings. The lowest BCUT2D eigenvalue weighted by Crippen LogP contribution is -2.14. The van der Waals surface area contributed by atoms with Gasteiger partial charge in [-0.05, 0) is 36.4 Å². The lowest BCUT2D eigenvalue weighted by Gasteiger charge is -2.09. The standard InChI is InChI=1S/C19H22N2O6S2/c1-14(22)28-13-18(23)15-4-9-19(20-12-15)21-29(24,25)17-7-5-16(6-8-17)27-11-3-10-26-2/h4-9,12H,3,10-11,13H2,1-2H3,(H,20,21). The van der Waals surface area contributed by atoms with Gasteiger partial charge in [0.05, 0.1) is 17.3 Å². The van der Waals surface area contributed by atoms with Gasteiger partial charge in [-0.2, -0.15) is 0 Å². The molecular weight excluding hydrogens is 416 g/mol. The number of thioether (sulfide) groups is 1. The molecule has 8 nitrogen and oxygen atoms in total. The van der Waals surface area contributed by atoms with Gasteiger partial charge in [0.25, 0.3) is 10.0 Å². The Balaban J connectivity index is 1.98. The Morgan fingerprint density at radius 2 is 1.83 bits per heavy atom. The third kappa shape index (κ3) is 7.48. The maximum atomic E-state index is 12.5. The molecule has 1 aromatic carbocycles. The second-order valence-electron chi connectivity index (χ2n) is 5.91. The molecule has 0 radical (unpaired) electrons. The number of nitrogens with zero attached hydrogens (tertiary/aromatic N) is 1. The average Bonchev–Trinajstić information content (AvgIpc) is 2.70. The zero-order valence-corrected chi connectivity index (χ0v) is 17.7. The van der Waals surface area contributed by atoms with Crippen LogP contribution in [0.2, 0.25) is 0 Å². The van der Waals surface area contributed by atoms with Crippen LogP contribution in [0.4, 0.5) is 5.82 Å². The SMILES string of the molecule is COCCCOc1ccc(S(=O)(=O)Nc2ccc(C(=O)CSC(C)=O)cn2)cc1. The van der Waals surface area contributed by atoms with E-state index in [2.05, 4.69) is 9.71 Å². The monoisotopic (exact) mass is 438 g/mol. The van der Waals surface area contributed by atoms with Crippen LogP contribution in [0.25, 0.3) is 0 Å². The number of sulfonamides is 1. The number of carbonyl (C=O) groups is 2. The van der Waals surface area contributed by atoms with Crippen molar-refractivity contribution in [2.24, 2.45) is 0 Å². The first-order valence-corrected chi connectivity index (χ1v) is 11.2. The first-order valence-electron chi connectivity index (χ1n) is 8.69. The van der Waals surface area contributed by atoms with Crippen molar-refractivity contribution in [2.45, 2.75) is 18.2 Å². The summed E-state index contributed by atoms with van der Waals surface area (Å²) in [6.07, 6.45) is 2.01. The van der Waals surface area contributed by atoms with Crippen molar-refractivity contribution < 1.29 is 27.5 Å². The molecule has 0 atom stereocenters. The van der Waals surface area contributed by atoms with Gasteiger partial charge in [0, 0.05) is 38.8 Å². The smallest absolute Gasteiger partial charge is 0.263 e. The van der Waals surface area contributed by atoms with Gasteiger partial charge in [0.2, 0.25) is 0 Å². The topological polar surface area (TPSA) is 112 Å². The third-order valence-electron chi connectivity index (χ3n) is 3.63. The number of hydrogen-bond donors (Lipinski definition) is 1. The van der Waals surface area contributed by atoms with E-state index in [0.717, 1.165) is 18.2 Å². The number of methoxy groups -OCH3 is 1. The summed E-state index contributed by atoms with van der Waals surface area (Å²) in [5, 5.41) is -0.151. The number of ether oxygens (including phenoxy) is 2. The van der Waals surface area contributed by atoms with Crippen molar-refractivity contribution in [1.29, 1.82) is 0 Å². The molecule has 1 aromatic heterocycles. The van der Waals surface area contributed by atoms with Crippen molar-refractivity contribution in [3.05, 3.63) is 48.2 Å². The number of rotatable bonds is 11. The Bertz CT molecular complexity index is 928. The van der Waals surface area contributed by atoms with E-state index < -0.39 is 10.0 Å². The van der Waals surface area contributed by atoms with Gasteiger partial charge in [-0.25, -0.2) is 13.4 Å². The molecule has 2 rings (SSSR count). The minimum Gasteiger partial charge on any atom is -0.494 e. The highest BCUT2D eigenvalue weighted by atomic mass is 32.2. The normalized spacial score (nSPS) is 11.1. The van der Waals surface area contributed by atoms with E-state index in [0.29, 0.717) is 24.5 Å². The molecule has 0 aliphatic heterocycles. The number of nitrogens with one attached hydrogen (secondary N) is 1. The number of benzene rings is 1. The molecule has 0 bridgehead atoms. The Morgan fingerprint density at radius 1 is 1.10 bits per heavy atom. The first kappa shape index (κ1) is 22.9. The Morgan fingerprint density at radius 3 is 2.41 bits per heavy atom. The van der Waals surface area contributed by atoms with Crippen LogP contribution in [0, 0.1) is 0 Å². The van der Waals surface area contributed by atoms with E-state index in [9.17, 15) is 18.0 Å². The van der Waals surface area contributed by atoms with Crippen molar-refractivity contribution in [1.82, 2.24) is 4.98 Å². The summed E-state index contributed by atoms with van der Waals surface area (Å²) in [6, 6.07) is 8.88. The van der Waals surface area contributed by atoms with Crippen molar-refractivity contribution in [3.63, 3.8) is 0 Å². The second kappa shape index (κ2) is 10.9. The number of carbonyl (C=O) groups excluding carboxylic acids is 2.